The molecule has 2 saturated carbocycles. The van der Waals surface area contributed by atoms with Gasteiger partial charge < -0.3 is 14.6 Å². The SMILES string of the molecule is CNCN=NC1CCC(C(=O)C2CCC(OCC(=O)[O-])CC2)CC1.[Na+]. The van der Waals surface area contributed by atoms with Gasteiger partial charge in [0, 0.05) is 11.8 Å². The van der Waals surface area contributed by atoms with Crippen LogP contribution in [0.25, 0.3) is 0 Å². The van der Waals surface area contributed by atoms with Gasteiger partial charge in [-0.3, -0.25) is 10.1 Å². The molecule has 0 aliphatic heterocycles. The van der Waals surface area contributed by atoms with Crippen LogP contribution < -0.4 is 40.0 Å². The van der Waals surface area contributed by atoms with Gasteiger partial charge in [-0.2, -0.15) is 10.2 Å². The topological polar surface area (TPSA) is 103 Å². The van der Waals surface area contributed by atoms with Crippen molar-refractivity contribution in [1.82, 2.24) is 5.32 Å². The van der Waals surface area contributed by atoms with Crippen molar-refractivity contribution in [2.45, 2.75) is 63.5 Å². The van der Waals surface area contributed by atoms with Crippen LogP contribution in [0.4, 0.5) is 0 Å². The molecule has 0 aromatic rings. The molecule has 0 bridgehead atoms. The first-order valence-corrected chi connectivity index (χ1v) is 8.96. The van der Waals surface area contributed by atoms with Crippen molar-refractivity contribution in [1.29, 1.82) is 0 Å². The van der Waals surface area contributed by atoms with E-state index in [1.54, 1.807) is 0 Å². The molecule has 2 aliphatic carbocycles. The molecule has 8 heteroatoms. The normalized spacial score (nSPS) is 30.0. The fraction of sp³-hybridized carbons (Fsp3) is 0.882. The maximum atomic E-state index is 12.7. The summed E-state index contributed by atoms with van der Waals surface area (Å²) in [5.74, 6) is -0.525. The second kappa shape index (κ2) is 12.1. The smallest absolute Gasteiger partial charge is 0.548 e. The van der Waals surface area contributed by atoms with Crippen LogP contribution in [-0.4, -0.2) is 44.2 Å². The summed E-state index contributed by atoms with van der Waals surface area (Å²) in [6, 6.07) is 0.260. The van der Waals surface area contributed by atoms with Crippen LogP contribution in [0.5, 0.6) is 0 Å². The largest absolute Gasteiger partial charge is 1.00 e. The summed E-state index contributed by atoms with van der Waals surface area (Å²) in [5, 5.41) is 21.7. The number of ketones is 1. The van der Waals surface area contributed by atoms with E-state index in [-0.39, 0.29) is 60.1 Å². The van der Waals surface area contributed by atoms with Gasteiger partial charge in [0.2, 0.25) is 0 Å². The van der Waals surface area contributed by atoms with Crippen molar-refractivity contribution >= 4 is 11.8 Å². The number of ether oxygens (including phenoxy) is 1. The number of carbonyl (C=O) groups excluding carboxylic acids is 2. The van der Waals surface area contributed by atoms with Crippen LogP contribution in [0.1, 0.15) is 51.4 Å². The van der Waals surface area contributed by atoms with E-state index in [0.717, 1.165) is 51.4 Å². The van der Waals surface area contributed by atoms with E-state index in [0.29, 0.717) is 12.5 Å². The number of Topliss-reactive ketones (excluding diaryl/α,β-unsaturated/α-hetero) is 1. The molecule has 0 atom stereocenters. The zero-order valence-electron chi connectivity index (χ0n) is 15.4. The molecule has 1 N–H and O–H groups in total. The molecular formula is C17H28N3NaO4. The number of hydrogen-bond acceptors (Lipinski definition) is 7. The molecule has 2 rings (SSSR count). The number of carbonyl (C=O) groups is 2. The summed E-state index contributed by atoms with van der Waals surface area (Å²) in [6.07, 6.45) is 6.77. The molecular weight excluding hydrogens is 333 g/mol. The first-order chi connectivity index (χ1) is 11.6. The molecule has 25 heavy (non-hydrogen) atoms. The van der Waals surface area contributed by atoms with Crippen molar-refractivity contribution in [3.05, 3.63) is 0 Å². The Morgan fingerprint density at radius 3 is 2.12 bits per heavy atom. The van der Waals surface area contributed by atoms with Crippen LogP contribution in [0.15, 0.2) is 10.2 Å². The fourth-order valence-corrected chi connectivity index (χ4v) is 3.74. The van der Waals surface area contributed by atoms with Gasteiger partial charge in [0.05, 0.1) is 24.7 Å². The van der Waals surface area contributed by atoms with Crippen molar-refractivity contribution in [3.63, 3.8) is 0 Å². The average Bonchev–Trinajstić information content (AvgIpc) is 2.60. The number of nitrogens with one attached hydrogen (secondary N) is 1. The molecule has 2 fully saturated rings. The summed E-state index contributed by atoms with van der Waals surface area (Å²) in [5.41, 5.74) is 0. The summed E-state index contributed by atoms with van der Waals surface area (Å²) in [7, 11) is 1.84. The Bertz CT molecular complexity index is 445. The predicted molar refractivity (Wildman–Crippen MR) is 86.2 cm³/mol. The molecule has 0 spiro atoms. The average molecular weight is 361 g/mol. The van der Waals surface area contributed by atoms with E-state index >= 15 is 0 Å². The molecule has 0 amide bonds. The van der Waals surface area contributed by atoms with Crippen LogP contribution in [0.3, 0.4) is 0 Å². The van der Waals surface area contributed by atoms with Gasteiger partial charge in [0.15, 0.2) is 0 Å². The van der Waals surface area contributed by atoms with Gasteiger partial charge in [-0.05, 0) is 58.4 Å². The molecule has 7 nitrogen and oxygen atoms in total. The third-order valence-corrected chi connectivity index (χ3v) is 5.09. The second-order valence-corrected chi connectivity index (χ2v) is 6.83. The minimum atomic E-state index is -1.18. The minimum Gasteiger partial charge on any atom is -0.548 e. The molecule has 0 heterocycles. The van der Waals surface area contributed by atoms with Crippen LogP contribution in [0, 0.1) is 11.8 Å². The van der Waals surface area contributed by atoms with Gasteiger partial charge >= 0.3 is 29.6 Å². The molecule has 0 unspecified atom stereocenters. The van der Waals surface area contributed by atoms with Crippen LogP contribution in [0.2, 0.25) is 0 Å². The van der Waals surface area contributed by atoms with Gasteiger partial charge in [-0.25, -0.2) is 0 Å². The number of rotatable bonds is 8. The van der Waals surface area contributed by atoms with Gasteiger partial charge in [0.25, 0.3) is 0 Å². The van der Waals surface area contributed by atoms with Crippen molar-refractivity contribution in [2.75, 3.05) is 20.3 Å². The number of nitrogens with zero attached hydrogens (tertiary/aromatic N) is 2. The standard InChI is InChI=1S/C17H29N3O4.Na/c1-18-11-19-20-14-6-2-12(3-7-14)17(23)13-4-8-15(9-5-13)24-10-16(21)22;/h12-15,18H,2-11H2,1H3,(H,21,22);/q;+1/p-1. The Kier molecular flexibility index (Phi) is 11.0. The maximum Gasteiger partial charge on any atom is 1.00 e. The summed E-state index contributed by atoms with van der Waals surface area (Å²) in [6.45, 7) is 0.192. The van der Waals surface area contributed by atoms with Crippen LogP contribution >= 0.6 is 0 Å². The van der Waals surface area contributed by atoms with Gasteiger partial charge in [0.1, 0.15) is 12.5 Å². The van der Waals surface area contributed by atoms with Crippen LogP contribution in [-0.2, 0) is 14.3 Å². The van der Waals surface area contributed by atoms with E-state index < -0.39 is 5.97 Å². The molecule has 0 saturated heterocycles. The monoisotopic (exact) mass is 361 g/mol. The quantitative estimate of drug-likeness (QED) is 0.401. The molecule has 2 aliphatic rings. The summed E-state index contributed by atoms with van der Waals surface area (Å²) in [4.78, 5) is 23.1. The van der Waals surface area contributed by atoms with E-state index in [2.05, 4.69) is 15.5 Å². The molecule has 136 valence electrons. The first-order valence-electron chi connectivity index (χ1n) is 8.96. The number of carboxylic acids is 1. The summed E-state index contributed by atoms with van der Waals surface area (Å²) < 4.78 is 5.28. The van der Waals surface area contributed by atoms with Gasteiger partial charge in [-0.1, -0.05) is 0 Å². The molecule has 0 aromatic carbocycles. The Morgan fingerprint density at radius 2 is 1.60 bits per heavy atom. The fourth-order valence-electron chi connectivity index (χ4n) is 3.74. The van der Waals surface area contributed by atoms with E-state index in [9.17, 15) is 14.7 Å². The van der Waals surface area contributed by atoms with Gasteiger partial charge in [-0.15, -0.1) is 0 Å². The predicted octanol–water partition coefficient (Wildman–Crippen LogP) is -1.93. The number of carboxylic acid groups (broad SMARTS) is 1. The number of hydrogen-bond donors (Lipinski definition) is 1. The Balaban J connectivity index is 0.00000312. The maximum absolute atomic E-state index is 12.7. The number of aliphatic carboxylic acids is 1. The van der Waals surface area contributed by atoms with E-state index in [1.807, 2.05) is 7.05 Å². The van der Waals surface area contributed by atoms with E-state index in [1.165, 1.54) is 0 Å². The van der Waals surface area contributed by atoms with Crippen molar-refractivity contribution < 1.29 is 49.0 Å². The Labute approximate surface area is 171 Å². The second-order valence-electron chi connectivity index (χ2n) is 6.83. The zero-order chi connectivity index (χ0) is 17.4. The summed E-state index contributed by atoms with van der Waals surface area (Å²) >= 11 is 0. The van der Waals surface area contributed by atoms with Crippen molar-refractivity contribution in [2.24, 2.45) is 22.1 Å². The zero-order valence-corrected chi connectivity index (χ0v) is 17.4. The minimum absolute atomic E-state index is 0. The number of azo groups is 1. The molecule has 0 radical (unpaired) electrons. The first kappa shape index (κ1) is 22.7. The third-order valence-electron chi connectivity index (χ3n) is 5.09. The molecule has 0 aromatic heterocycles. The van der Waals surface area contributed by atoms with Crippen molar-refractivity contribution in [3.8, 4) is 0 Å². The van der Waals surface area contributed by atoms with E-state index in [4.69, 9.17) is 4.74 Å². The Hall–Kier alpha value is -0.340. The third kappa shape index (κ3) is 7.83. The Morgan fingerprint density at radius 1 is 1.04 bits per heavy atom.